The second-order valence-corrected chi connectivity index (χ2v) is 7.00. The summed E-state index contributed by atoms with van der Waals surface area (Å²) < 4.78 is 13.9. The molecule has 1 atom stereocenters. The maximum absolute atomic E-state index is 6.21. The van der Waals surface area contributed by atoms with Crippen LogP contribution in [0, 0.1) is 13.8 Å². The fourth-order valence-electron chi connectivity index (χ4n) is 3.65. The van der Waals surface area contributed by atoms with Gasteiger partial charge in [-0.05, 0) is 32.4 Å². The van der Waals surface area contributed by atoms with Gasteiger partial charge in [-0.1, -0.05) is 12.1 Å². The second-order valence-electron chi connectivity index (χ2n) is 7.00. The first kappa shape index (κ1) is 16.4. The van der Waals surface area contributed by atoms with E-state index >= 15 is 0 Å². The molecule has 1 unspecified atom stereocenters. The van der Waals surface area contributed by atoms with Crippen molar-refractivity contribution in [1.82, 2.24) is 14.5 Å². The van der Waals surface area contributed by atoms with Crippen molar-refractivity contribution in [3.8, 4) is 11.5 Å². The zero-order valence-corrected chi connectivity index (χ0v) is 15.2. The van der Waals surface area contributed by atoms with Crippen molar-refractivity contribution in [3.05, 3.63) is 41.9 Å². The summed E-state index contributed by atoms with van der Waals surface area (Å²) in [5.41, 5.74) is 4.38. The van der Waals surface area contributed by atoms with Gasteiger partial charge in [0.05, 0.1) is 25.7 Å². The summed E-state index contributed by atoms with van der Waals surface area (Å²) in [5, 5.41) is 1.18. The van der Waals surface area contributed by atoms with Gasteiger partial charge >= 0.3 is 0 Å². The third-order valence-electron chi connectivity index (χ3n) is 5.09. The average molecular weight is 339 g/mol. The van der Waals surface area contributed by atoms with Crippen molar-refractivity contribution in [2.45, 2.75) is 26.8 Å². The molecule has 0 aliphatic carbocycles. The van der Waals surface area contributed by atoms with Gasteiger partial charge in [-0.15, -0.1) is 0 Å². The molecule has 1 aliphatic heterocycles. The molecule has 1 aliphatic rings. The molecule has 132 valence electrons. The third-order valence-corrected chi connectivity index (χ3v) is 5.09. The number of rotatable bonds is 4. The Hall–Kier alpha value is -2.11. The number of nitrogens with zero attached hydrogens (tertiary/aromatic N) is 3. The highest BCUT2D eigenvalue weighted by Gasteiger charge is 2.20. The first-order valence-corrected chi connectivity index (χ1v) is 8.95. The van der Waals surface area contributed by atoms with Gasteiger partial charge in [0.1, 0.15) is 11.3 Å². The highest BCUT2D eigenvalue weighted by Crippen LogP contribution is 2.34. The molecule has 0 amide bonds. The van der Waals surface area contributed by atoms with Gasteiger partial charge < -0.3 is 13.7 Å². The Morgan fingerprint density at radius 1 is 1.20 bits per heavy atom. The van der Waals surface area contributed by atoms with E-state index in [1.54, 1.807) is 0 Å². The van der Waals surface area contributed by atoms with Crippen LogP contribution in [0.1, 0.15) is 24.1 Å². The smallest absolute Gasteiger partial charge is 0.156 e. The van der Waals surface area contributed by atoms with E-state index in [4.69, 9.17) is 9.15 Å². The lowest BCUT2D eigenvalue weighted by Gasteiger charge is -2.30. The van der Waals surface area contributed by atoms with E-state index in [0.29, 0.717) is 6.04 Å². The monoisotopic (exact) mass is 339 g/mol. The lowest BCUT2D eigenvalue weighted by atomic mass is 10.1. The molecule has 5 nitrogen and oxygen atoms in total. The fraction of sp³-hybridized carbons (Fsp3) is 0.450. The van der Waals surface area contributed by atoms with Gasteiger partial charge in [0, 0.05) is 36.6 Å². The van der Waals surface area contributed by atoms with E-state index in [-0.39, 0.29) is 0 Å². The Balaban J connectivity index is 1.66. The molecule has 4 rings (SSSR count). The van der Waals surface area contributed by atoms with Crippen molar-refractivity contribution in [1.29, 1.82) is 0 Å². The minimum Gasteiger partial charge on any atom is -0.454 e. The standard InChI is InChI=1S/C20H25N3O2/c1-14-4-5-17-16(3)20(25-19(17)10-14)18-11-21-13-23(18)15(2)12-22-6-8-24-9-7-22/h4-5,10-11,13,15H,6-9,12H2,1-3H3. The first-order chi connectivity index (χ1) is 12.1. The van der Waals surface area contributed by atoms with Crippen molar-refractivity contribution < 1.29 is 9.15 Å². The summed E-state index contributed by atoms with van der Waals surface area (Å²) in [7, 11) is 0. The van der Waals surface area contributed by atoms with Crippen LogP contribution in [0.2, 0.25) is 0 Å². The van der Waals surface area contributed by atoms with Crippen LogP contribution in [0.4, 0.5) is 0 Å². The highest BCUT2D eigenvalue weighted by molar-refractivity contribution is 5.87. The summed E-state index contributed by atoms with van der Waals surface area (Å²) in [6, 6.07) is 6.70. The van der Waals surface area contributed by atoms with Crippen molar-refractivity contribution in [3.63, 3.8) is 0 Å². The fourth-order valence-corrected chi connectivity index (χ4v) is 3.65. The molecule has 3 heterocycles. The number of aromatic nitrogens is 2. The molecule has 1 aromatic carbocycles. The molecular weight excluding hydrogens is 314 g/mol. The minimum absolute atomic E-state index is 0.324. The molecule has 0 radical (unpaired) electrons. The van der Waals surface area contributed by atoms with Crippen LogP contribution in [0.25, 0.3) is 22.4 Å². The molecule has 3 aromatic rings. The van der Waals surface area contributed by atoms with Crippen LogP contribution in [0.5, 0.6) is 0 Å². The SMILES string of the molecule is Cc1ccc2c(C)c(-c3cncn3C(C)CN3CCOCC3)oc2c1. The molecule has 5 heteroatoms. The lowest BCUT2D eigenvalue weighted by Crippen LogP contribution is -2.39. The van der Waals surface area contributed by atoms with Crippen molar-refractivity contribution in [2.75, 3.05) is 32.8 Å². The normalized spacial score (nSPS) is 17.2. The topological polar surface area (TPSA) is 43.4 Å². The van der Waals surface area contributed by atoms with Crippen LogP contribution >= 0.6 is 0 Å². The number of aryl methyl sites for hydroxylation is 2. The van der Waals surface area contributed by atoms with Crippen LogP contribution in [-0.2, 0) is 4.74 Å². The first-order valence-electron chi connectivity index (χ1n) is 8.95. The molecule has 1 saturated heterocycles. The van der Waals surface area contributed by atoms with E-state index in [0.717, 1.165) is 49.9 Å². The number of imidazole rings is 1. The number of ether oxygens (including phenoxy) is 1. The second kappa shape index (κ2) is 6.65. The Kier molecular flexibility index (Phi) is 4.36. The Labute approximate surface area is 148 Å². The number of furan rings is 1. The van der Waals surface area contributed by atoms with Crippen molar-refractivity contribution >= 4 is 11.0 Å². The van der Waals surface area contributed by atoms with Crippen molar-refractivity contribution in [2.24, 2.45) is 0 Å². The molecule has 0 saturated carbocycles. The highest BCUT2D eigenvalue weighted by atomic mass is 16.5. The lowest BCUT2D eigenvalue weighted by molar-refractivity contribution is 0.0326. The quantitative estimate of drug-likeness (QED) is 0.725. The number of hydrogen-bond acceptors (Lipinski definition) is 4. The number of morpholine rings is 1. The van der Waals surface area contributed by atoms with E-state index < -0.39 is 0 Å². The summed E-state index contributed by atoms with van der Waals surface area (Å²) >= 11 is 0. The van der Waals surface area contributed by atoms with Crippen LogP contribution in [-0.4, -0.2) is 47.3 Å². The molecule has 0 N–H and O–H groups in total. The minimum atomic E-state index is 0.324. The predicted molar refractivity (Wildman–Crippen MR) is 98.9 cm³/mol. The zero-order valence-electron chi connectivity index (χ0n) is 15.2. The Morgan fingerprint density at radius 3 is 2.80 bits per heavy atom. The third kappa shape index (κ3) is 3.10. The summed E-state index contributed by atoms with van der Waals surface area (Å²) in [6.45, 7) is 11.1. The van der Waals surface area contributed by atoms with Crippen LogP contribution in [0.3, 0.4) is 0 Å². The molecule has 0 bridgehead atoms. The van der Waals surface area contributed by atoms with Gasteiger partial charge in [-0.2, -0.15) is 0 Å². The Morgan fingerprint density at radius 2 is 2.00 bits per heavy atom. The largest absolute Gasteiger partial charge is 0.454 e. The number of benzene rings is 1. The van der Waals surface area contributed by atoms with Gasteiger partial charge in [0.15, 0.2) is 5.76 Å². The molecule has 0 spiro atoms. The van der Waals surface area contributed by atoms with E-state index in [2.05, 4.69) is 53.4 Å². The van der Waals surface area contributed by atoms with Gasteiger partial charge in [0.2, 0.25) is 0 Å². The zero-order chi connectivity index (χ0) is 17.4. The number of hydrogen-bond donors (Lipinski definition) is 0. The summed E-state index contributed by atoms with van der Waals surface area (Å²) in [5.74, 6) is 0.923. The van der Waals surface area contributed by atoms with E-state index in [9.17, 15) is 0 Å². The Bertz CT molecular complexity index is 874. The van der Waals surface area contributed by atoms with Crippen LogP contribution in [0.15, 0.2) is 35.1 Å². The maximum Gasteiger partial charge on any atom is 0.156 e. The van der Waals surface area contributed by atoms with Crippen LogP contribution < -0.4 is 0 Å². The van der Waals surface area contributed by atoms with E-state index in [1.807, 2.05) is 12.5 Å². The molecular formula is C20H25N3O2. The predicted octanol–water partition coefficient (Wildman–Crippen LogP) is 3.81. The summed E-state index contributed by atoms with van der Waals surface area (Å²) in [4.78, 5) is 6.85. The maximum atomic E-state index is 6.21. The summed E-state index contributed by atoms with van der Waals surface area (Å²) in [6.07, 6.45) is 3.83. The molecule has 1 fully saturated rings. The van der Waals surface area contributed by atoms with E-state index in [1.165, 1.54) is 16.5 Å². The van der Waals surface area contributed by atoms with Gasteiger partial charge in [0.25, 0.3) is 0 Å². The molecule has 2 aromatic heterocycles. The van der Waals surface area contributed by atoms with Gasteiger partial charge in [-0.3, -0.25) is 4.90 Å². The average Bonchev–Trinajstić information content (AvgIpc) is 3.20. The molecule has 25 heavy (non-hydrogen) atoms. The number of fused-ring (bicyclic) bond motifs is 1. The van der Waals surface area contributed by atoms with Gasteiger partial charge in [-0.25, -0.2) is 4.98 Å².